The Balaban J connectivity index is 1.65. The van der Waals surface area contributed by atoms with E-state index in [1.165, 1.54) is 12.1 Å². The minimum Gasteiger partial charge on any atom is -0.345 e. The van der Waals surface area contributed by atoms with E-state index in [9.17, 15) is 18.0 Å². The molecule has 0 aliphatic rings. The van der Waals surface area contributed by atoms with E-state index in [-0.39, 0.29) is 28.3 Å². The molecule has 3 amide bonds. The highest BCUT2D eigenvalue weighted by molar-refractivity contribution is 7.91. The third-order valence-electron chi connectivity index (χ3n) is 4.89. The van der Waals surface area contributed by atoms with Gasteiger partial charge >= 0.3 is 6.03 Å². The van der Waals surface area contributed by atoms with Gasteiger partial charge in [0.05, 0.1) is 22.3 Å². The first-order valence-electron chi connectivity index (χ1n) is 10.2. The highest BCUT2D eigenvalue weighted by Crippen LogP contribution is 2.20. The van der Waals surface area contributed by atoms with Crippen LogP contribution in [0.3, 0.4) is 0 Å². The van der Waals surface area contributed by atoms with Crippen LogP contribution in [-0.4, -0.2) is 26.1 Å². The number of hydrogen-bond acceptors (Lipinski definition) is 4. The van der Waals surface area contributed by atoms with E-state index >= 15 is 0 Å². The van der Waals surface area contributed by atoms with Crippen LogP contribution in [0.5, 0.6) is 0 Å². The fourth-order valence-corrected chi connectivity index (χ4v) is 4.20. The molecule has 166 valence electrons. The molecule has 1 unspecified atom stereocenters. The maximum absolute atomic E-state index is 12.8. The predicted molar refractivity (Wildman–Crippen MR) is 126 cm³/mol. The van der Waals surface area contributed by atoms with Gasteiger partial charge in [-0.15, -0.1) is 0 Å². The lowest BCUT2D eigenvalue weighted by Crippen LogP contribution is -2.28. The number of amides is 3. The number of carbonyl (C=O) groups excluding carboxylic acids is 2. The van der Waals surface area contributed by atoms with E-state index in [2.05, 4.69) is 16.0 Å². The van der Waals surface area contributed by atoms with Crippen LogP contribution in [0.2, 0.25) is 0 Å². The number of sulfone groups is 1. The molecule has 3 N–H and O–H groups in total. The van der Waals surface area contributed by atoms with Crippen molar-refractivity contribution in [1.29, 1.82) is 0 Å². The molecule has 0 fully saturated rings. The highest BCUT2D eigenvalue weighted by atomic mass is 32.2. The van der Waals surface area contributed by atoms with Crippen molar-refractivity contribution in [2.24, 2.45) is 0 Å². The summed E-state index contributed by atoms with van der Waals surface area (Å²) in [6, 6.07) is 21.6. The van der Waals surface area contributed by atoms with Crippen LogP contribution in [0, 0.1) is 0 Å². The van der Waals surface area contributed by atoms with Crippen LogP contribution in [0.4, 0.5) is 16.2 Å². The molecule has 0 heterocycles. The minimum atomic E-state index is -3.52. The largest absolute Gasteiger partial charge is 0.345 e. The Morgan fingerprint density at radius 3 is 2.00 bits per heavy atom. The topological polar surface area (TPSA) is 104 Å². The Bertz CT molecular complexity index is 1190. The van der Waals surface area contributed by atoms with Crippen LogP contribution < -0.4 is 16.0 Å². The Labute approximate surface area is 187 Å². The maximum atomic E-state index is 12.8. The summed E-state index contributed by atoms with van der Waals surface area (Å²) in [6.07, 6.45) is 0. The van der Waals surface area contributed by atoms with Crippen molar-refractivity contribution in [2.45, 2.75) is 24.8 Å². The molecule has 0 spiro atoms. The fourth-order valence-electron chi connectivity index (χ4n) is 3.11. The third kappa shape index (κ3) is 5.73. The smallest absolute Gasteiger partial charge is 0.323 e. The van der Waals surface area contributed by atoms with E-state index in [1.54, 1.807) is 62.4 Å². The lowest BCUT2D eigenvalue weighted by Gasteiger charge is -2.16. The van der Waals surface area contributed by atoms with Gasteiger partial charge in [0.15, 0.2) is 9.84 Å². The summed E-state index contributed by atoms with van der Waals surface area (Å²) < 4.78 is 24.6. The van der Waals surface area contributed by atoms with Crippen molar-refractivity contribution in [1.82, 2.24) is 5.32 Å². The molecule has 0 saturated carbocycles. The Morgan fingerprint density at radius 1 is 0.812 bits per heavy atom. The molecular weight excluding hydrogens is 426 g/mol. The van der Waals surface area contributed by atoms with Gasteiger partial charge in [-0.05, 0) is 48.9 Å². The average Bonchev–Trinajstić information content (AvgIpc) is 2.80. The van der Waals surface area contributed by atoms with Gasteiger partial charge in [-0.25, -0.2) is 13.2 Å². The molecule has 1 atom stereocenters. The standard InChI is InChI=1S/C24H25N3O4S/c1-3-32(30,31)22-12-8-7-11-21(22)23(28)25-17(2)18-13-15-20(16-14-18)27-24(29)26-19-9-5-4-6-10-19/h4-17H,3H2,1-2H3,(H,25,28)(H2,26,27,29). The van der Waals surface area contributed by atoms with Crippen molar-refractivity contribution in [3.05, 3.63) is 90.0 Å². The van der Waals surface area contributed by atoms with E-state index in [4.69, 9.17) is 0 Å². The third-order valence-corrected chi connectivity index (χ3v) is 6.68. The summed E-state index contributed by atoms with van der Waals surface area (Å²) in [4.78, 5) is 24.9. The van der Waals surface area contributed by atoms with E-state index < -0.39 is 15.7 Å². The first kappa shape index (κ1) is 23.0. The highest BCUT2D eigenvalue weighted by Gasteiger charge is 2.21. The van der Waals surface area contributed by atoms with Gasteiger partial charge in [0, 0.05) is 11.4 Å². The van der Waals surface area contributed by atoms with E-state index in [1.807, 2.05) is 18.2 Å². The SMILES string of the molecule is CCS(=O)(=O)c1ccccc1C(=O)NC(C)c1ccc(NC(=O)Nc2ccccc2)cc1. The van der Waals surface area contributed by atoms with Gasteiger partial charge in [-0.3, -0.25) is 4.79 Å². The number of rotatable bonds is 7. The Hall–Kier alpha value is -3.65. The zero-order valence-corrected chi connectivity index (χ0v) is 18.6. The number of nitrogens with one attached hydrogen (secondary N) is 3. The fraction of sp³-hybridized carbons (Fsp3) is 0.167. The molecule has 0 aliphatic heterocycles. The zero-order valence-electron chi connectivity index (χ0n) is 17.8. The molecule has 0 saturated heterocycles. The molecular formula is C24H25N3O4S. The molecule has 3 aromatic carbocycles. The first-order chi connectivity index (χ1) is 15.3. The number of urea groups is 1. The predicted octanol–water partition coefficient (Wildman–Crippen LogP) is 4.62. The van der Waals surface area contributed by atoms with Gasteiger partial charge < -0.3 is 16.0 Å². The van der Waals surface area contributed by atoms with Crippen molar-refractivity contribution >= 4 is 33.2 Å². The second kappa shape index (κ2) is 10.1. The molecule has 0 aromatic heterocycles. The van der Waals surface area contributed by atoms with Gasteiger partial charge in [-0.2, -0.15) is 0 Å². The van der Waals surface area contributed by atoms with E-state index in [0.717, 1.165) is 5.56 Å². The summed E-state index contributed by atoms with van der Waals surface area (Å²) in [7, 11) is -3.52. The Morgan fingerprint density at radius 2 is 1.38 bits per heavy atom. The number of carbonyl (C=O) groups is 2. The normalized spacial score (nSPS) is 11.9. The maximum Gasteiger partial charge on any atom is 0.323 e. The summed E-state index contributed by atoms with van der Waals surface area (Å²) in [5.41, 5.74) is 2.21. The average molecular weight is 452 g/mol. The molecule has 0 bridgehead atoms. The number of hydrogen-bond donors (Lipinski definition) is 3. The number of benzene rings is 3. The van der Waals surface area contributed by atoms with Crippen LogP contribution in [0.1, 0.15) is 35.8 Å². The lowest BCUT2D eigenvalue weighted by molar-refractivity contribution is 0.0936. The van der Waals surface area contributed by atoms with Crippen LogP contribution in [0.25, 0.3) is 0 Å². The summed E-state index contributed by atoms with van der Waals surface area (Å²) in [5.74, 6) is -0.548. The first-order valence-corrected chi connectivity index (χ1v) is 11.8. The summed E-state index contributed by atoms with van der Waals surface area (Å²) >= 11 is 0. The molecule has 0 radical (unpaired) electrons. The molecule has 8 heteroatoms. The van der Waals surface area contributed by atoms with Crippen molar-refractivity contribution in [2.75, 3.05) is 16.4 Å². The van der Waals surface area contributed by atoms with Gasteiger partial charge in [0.2, 0.25) is 0 Å². The van der Waals surface area contributed by atoms with Crippen molar-refractivity contribution in [3.63, 3.8) is 0 Å². The summed E-state index contributed by atoms with van der Waals surface area (Å²) in [6.45, 7) is 3.35. The van der Waals surface area contributed by atoms with Crippen LogP contribution >= 0.6 is 0 Å². The number of para-hydroxylation sites is 1. The minimum absolute atomic E-state index is 0.0242. The molecule has 3 aromatic rings. The zero-order chi connectivity index (χ0) is 23.1. The molecule has 32 heavy (non-hydrogen) atoms. The van der Waals surface area contributed by atoms with E-state index in [0.29, 0.717) is 11.4 Å². The summed E-state index contributed by atoms with van der Waals surface area (Å²) in [5, 5.41) is 8.33. The molecule has 0 aliphatic carbocycles. The molecule has 7 nitrogen and oxygen atoms in total. The van der Waals surface area contributed by atoms with Crippen LogP contribution in [0.15, 0.2) is 83.8 Å². The van der Waals surface area contributed by atoms with Crippen molar-refractivity contribution < 1.29 is 18.0 Å². The number of anilines is 2. The molecule has 3 rings (SSSR count). The quantitative estimate of drug-likeness (QED) is 0.488. The monoisotopic (exact) mass is 451 g/mol. The second-order valence-corrected chi connectivity index (χ2v) is 9.41. The van der Waals surface area contributed by atoms with Crippen LogP contribution in [-0.2, 0) is 9.84 Å². The lowest BCUT2D eigenvalue weighted by atomic mass is 10.1. The van der Waals surface area contributed by atoms with Gasteiger partial charge in [0.25, 0.3) is 5.91 Å². The second-order valence-electron chi connectivity index (χ2n) is 7.16. The van der Waals surface area contributed by atoms with Crippen molar-refractivity contribution in [3.8, 4) is 0 Å². The van der Waals surface area contributed by atoms with Gasteiger partial charge in [-0.1, -0.05) is 49.4 Å². The van der Waals surface area contributed by atoms with Gasteiger partial charge in [0.1, 0.15) is 0 Å². The Kier molecular flexibility index (Phi) is 7.27.